The molecule has 0 unspecified atom stereocenters. The molecule has 10 nitrogen and oxygen atoms in total. The molecule has 4 aliphatic rings. The number of nitrogens with two attached hydrogens (primary N) is 1. The zero-order chi connectivity index (χ0) is 34.2. The second-order valence-corrected chi connectivity index (χ2v) is 11.8. The molecule has 1 aromatic rings. The number of aliphatic imine (C=N–C) groups is 3. The molecule has 0 saturated heterocycles. The Hall–Kier alpha value is -5.35. The van der Waals surface area contributed by atoms with E-state index in [1.165, 1.54) is 0 Å². The first-order valence-electron chi connectivity index (χ1n) is 15.5. The van der Waals surface area contributed by atoms with E-state index in [1.54, 1.807) is 12.2 Å². The molecule has 5 rings (SSSR count). The Kier molecular flexibility index (Phi) is 9.26. The first-order chi connectivity index (χ1) is 22.4. The number of carbonyl (C=O) groups is 2. The van der Waals surface area contributed by atoms with Crippen molar-refractivity contribution in [3.05, 3.63) is 116 Å². The van der Waals surface area contributed by atoms with Crippen LogP contribution in [-0.2, 0) is 16.0 Å². The highest BCUT2D eigenvalue weighted by Crippen LogP contribution is 2.39. The van der Waals surface area contributed by atoms with Gasteiger partial charge in [0.25, 0.3) is 0 Å². The van der Waals surface area contributed by atoms with Gasteiger partial charge in [0.2, 0.25) is 0 Å². The van der Waals surface area contributed by atoms with E-state index in [0.717, 1.165) is 50.3 Å². The van der Waals surface area contributed by atoms with Crippen LogP contribution in [0.1, 0.15) is 69.0 Å². The zero-order valence-corrected chi connectivity index (χ0v) is 27.1. The minimum Gasteiger partial charge on any atom is -0.511 e. The van der Waals surface area contributed by atoms with Crippen molar-refractivity contribution in [3.8, 4) is 0 Å². The highest BCUT2D eigenvalue weighted by Gasteiger charge is 2.33. The molecular weight excluding hydrogens is 594 g/mol. The van der Waals surface area contributed by atoms with E-state index in [2.05, 4.69) is 18.1 Å². The third-order valence-corrected chi connectivity index (χ3v) is 8.95. The summed E-state index contributed by atoms with van der Waals surface area (Å²) in [5, 5.41) is 30.5. The van der Waals surface area contributed by atoms with Crippen LogP contribution in [0.15, 0.2) is 108 Å². The summed E-state index contributed by atoms with van der Waals surface area (Å²) >= 11 is 0. The Balaban J connectivity index is 1.88. The lowest BCUT2D eigenvalue weighted by molar-refractivity contribution is -0.138. The molecule has 5 heterocycles. The van der Waals surface area contributed by atoms with Gasteiger partial charge in [-0.05, 0) is 98.7 Å². The van der Waals surface area contributed by atoms with Crippen LogP contribution in [0.2, 0.25) is 0 Å². The number of aliphatic carboxylic acids is 2. The van der Waals surface area contributed by atoms with Gasteiger partial charge >= 0.3 is 11.9 Å². The number of aliphatic hydroxyl groups excluding tert-OH is 1. The first kappa shape index (κ1) is 33.0. The monoisotopic (exact) mass is 633 g/mol. The number of rotatable bonds is 10. The summed E-state index contributed by atoms with van der Waals surface area (Å²) < 4.78 is 0. The van der Waals surface area contributed by atoms with Crippen LogP contribution in [0.5, 0.6) is 0 Å². The number of allylic oxidation sites excluding steroid dienone is 9. The second kappa shape index (κ2) is 13.2. The van der Waals surface area contributed by atoms with E-state index in [4.69, 9.17) is 20.7 Å². The van der Waals surface area contributed by atoms with Gasteiger partial charge in [-0.2, -0.15) is 0 Å². The van der Waals surface area contributed by atoms with Gasteiger partial charge in [0.05, 0.1) is 39.8 Å². The molecule has 0 atom stereocenters. The number of carboxylic acid groups (broad SMARTS) is 2. The molecule has 0 radical (unpaired) electrons. The number of carboxylic acids is 2. The van der Waals surface area contributed by atoms with Gasteiger partial charge in [-0.3, -0.25) is 9.59 Å². The van der Waals surface area contributed by atoms with Crippen molar-refractivity contribution >= 4 is 41.2 Å². The van der Waals surface area contributed by atoms with Gasteiger partial charge in [-0.1, -0.05) is 25.3 Å². The van der Waals surface area contributed by atoms with Crippen LogP contribution < -0.4 is 5.73 Å². The third-order valence-electron chi connectivity index (χ3n) is 8.95. The fourth-order valence-electron chi connectivity index (χ4n) is 6.34. The van der Waals surface area contributed by atoms with Crippen molar-refractivity contribution in [1.82, 2.24) is 4.98 Å². The lowest BCUT2D eigenvalue weighted by atomic mass is 9.91. The zero-order valence-electron chi connectivity index (χ0n) is 27.1. The third kappa shape index (κ3) is 6.12. The predicted molar refractivity (Wildman–Crippen MR) is 187 cm³/mol. The van der Waals surface area contributed by atoms with E-state index in [-0.39, 0.29) is 44.4 Å². The molecule has 1 aromatic heterocycles. The number of hydrogen-bond donors (Lipinski definition) is 5. The minimum atomic E-state index is -0.921. The number of aromatic amines is 1. The quantitative estimate of drug-likeness (QED) is 0.181. The van der Waals surface area contributed by atoms with Gasteiger partial charge in [-0.25, -0.2) is 15.0 Å². The summed E-state index contributed by atoms with van der Waals surface area (Å²) in [6.07, 6.45) is 9.65. The Morgan fingerprint density at radius 1 is 0.766 bits per heavy atom. The Labute approximate surface area is 273 Å². The van der Waals surface area contributed by atoms with Gasteiger partial charge in [-0.15, -0.1) is 0 Å². The molecule has 0 saturated carbocycles. The number of aromatic nitrogens is 1. The number of nitrogens with one attached hydrogen (secondary N) is 1. The van der Waals surface area contributed by atoms with Crippen molar-refractivity contribution in [3.63, 3.8) is 0 Å². The average Bonchev–Trinajstić information content (AvgIpc) is 3.68. The predicted octanol–water partition coefficient (Wildman–Crippen LogP) is 6.63. The Bertz CT molecular complexity index is 1960. The SMILES string of the molecule is C=CC1=C(C)C2=NC1=Cc1[nH]c(c(CCC(=O)O)c1C)C=C1N=C(C=C3N=C(C(C=C)=C3C)C2=C(O)CCN)C(C)=C1CCC(=O)O. The molecular formula is C37H39N5O5. The molecule has 47 heavy (non-hydrogen) atoms. The fourth-order valence-corrected chi connectivity index (χ4v) is 6.34. The molecule has 4 aliphatic heterocycles. The normalized spacial score (nSPS) is 18.5. The lowest BCUT2D eigenvalue weighted by Gasteiger charge is -2.13. The molecule has 242 valence electrons. The molecule has 0 amide bonds. The van der Waals surface area contributed by atoms with E-state index in [1.807, 2.05) is 45.9 Å². The maximum absolute atomic E-state index is 11.6. The molecule has 0 spiro atoms. The fraction of sp³-hybridized carbons (Fsp3) is 0.270. The summed E-state index contributed by atoms with van der Waals surface area (Å²) in [5.74, 6) is -1.79. The van der Waals surface area contributed by atoms with Gasteiger partial charge in [0.15, 0.2) is 0 Å². The number of fused-ring (bicyclic) bond motifs is 5. The number of aliphatic hydroxyl groups is 1. The molecule has 0 fully saturated rings. The Morgan fingerprint density at radius 2 is 1.40 bits per heavy atom. The first-order valence-corrected chi connectivity index (χ1v) is 15.5. The molecule has 8 bridgehead atoms. The van der Waals surface area contributed by atoms with Crippen molar-refractivity contribution in [2.75, 3.05) is 6.54 Å². The van der Waals surface area contributed by atoms with Crippen LogP contribution >= 0.6 is 0 Å². The number of nitrogens with zero attached hydrogens (tertiary/aromatic N) is 3. The maximum atomic E-state index is 11.6. The van der Waals surface area contributed by atoms with Crippen molar-refractivity contribution in [2.45, 2.75) is 59.8 Å². The summed E-state index contributed by atoms with van der Waals surface area (Å²) in [4.78, 5) is 41.7. The van der Waals surface area contributed by atoms with E-state index < -0.39 is 11.9 Å². The highest BCUT2D eigenvalue weighted by molar-refractivity contribution is 6.37. The lowest BCUT2D eigenvalue weighted by Crippen LogP contribution is -2.18. The molecule has 0 aliphatic carbocycles. The Morgan fingerprint density at radius 3 is 2.04 bits per heavy atom. The van der Waals surface area contributed by atoms with Crippen LogP contribution in [0.4, 0.5) is 0 Å². The summed E-state index contributed by atoms with van der Waals surface area (Å²) in [5.41, 5.74) is 17.7. The molecule has 6 N–H and O–H groups in total. The number of H-pyrrole nitrogens is 1. The standard InChI is InChI=1S/C37H39N5O5/c1-7-22-21(6)36-35(32(43)13-14-38)37-23(8-2)18(3)28(41-37)15-26-19(4)24(9-11-33(44)45)30(39-26)17-31-25(10-12-34(46)47)20(5)27(40-31)16-29(22)42-36/h7-8,15-17,40,43H,1-2,9-14,38H2,3-6H3,(H,44,45)(H,46,47). The maximum Gasteiger partial charge on any atom is 0.303 e. The van der Waals surface area contributed by atoms with E-state index in [0.29, 0.717) is 45.5 Å². The molecule has 0 aromatic carbocycles. The van der Waals surface area contributed by atoms with Gasteiger partial charge < -0.3 is 26.0 Å². The summed E-state index contributed by atoms with van der Waals surface area (Å²) in [7, 11) is 0. The molecule has 10 heteroatoms. The topological polar surface area (TPSA) is 174 Å². The highest BCUT2D eigenvalue weighted by atomic mass is 16.4. The smallest absolute Gasteiger partial charge is 0.303 e. The number of hydrogen-bond acceptors (Lipinski definition) is 7. The van der Waals surface area contributed by atoms with Crippen molar-refractivity contribution in [1.29, 1.82) is 0 Å². The summed E-state index contributed by atoms with van der Waals surface area (Å²) in [6, 6.07) is 0. The van der Waals surface area contributed by atoms with Crippen LogP contribution in [0.3, 0.4) is 0 Å². The van der Waals surface area contributed by atoms with Crippen LogP contribution in [0, 0.1) is 6.92 Å². The largest absolute Gasteiger partial charge is 0.511 e. The van der Waals surface area contributed by atoms with Crippen molar-refractivity contribution < 1.29 is 24.9 Å². The van der Waals surface area contributed by atoms with Crippen LogP contribution in [0.25, 0.3) is 12.2 Å². The minimum absolute atomic E-state index is 0.0493. The average molecular weight is 634 g/mol. The van der Waals surface area contributed by atoms with Crippen LogP contribution in [-0.4, -0.2) is 55.9 Å². The second-order valence-electron chi connectivity index (χ2n) is 11.8. The van der Waals surface area contributed by atoms with E-state index >= 15 is 0 Å². The van der Waals surface area contributed by atoms with Gasteiger partial charge in [0, 0.05) is 41.8 Å². The van der Waals surface area contributed by atoms with E-state index in [9.17, 15) is 24.9 Å². The van der Waals surface area contributed by atoms with Crippen molar-refractivity contribution in [2.24, 2.45) is 20.7 Å². The summed E-state index contributed by atoms with van der Waals surface area (Å²) in [6.45, 7) is 16.0. The van der Waals surface area contributed by atoms with Gasteiger partial charge in [0.1, 0.15) is 5.76 Å².